The number of amides is 2. The highest BCUT2D eigenvalue weighted by Crippen LogP contribution is 2.21. The van der Waals surface area contributed by atoms with Crippen molar-refractivity contribution in [3.8, 4) is 5.75 Å². The Kier molecular flexibility index (Phi) is 10.7. The van der Waals surface area contributed by atoms with Gasteiger partial charge in [0.2, 0.25) is 11.8 Å². The summed E-state index contributed by atoms with van der Waals surface area (Å²) in [7, 11) is 1.64. The molecular weight excluding hydrogens is 524 g/mol. The maximum Gasteiger partial charge on any atom is 0.243 e. The fourth-order valence-corrected chi connectivity index (χ4v) is 5.06. The maximum atomic E-state index is 13.6. The lowest BCUT2D eigenvalue weighted by Gasteiger charge is -2.31. The molecule has 0 spiro atoms. The molecule has 0 unspecified atom stereocenters. The Bertz CT molecular complexity index is 1090. The number of benzene rings is 3. The lowest BCUT2D eigenvalue weighted by atomic mass is 10.0. The van der Waals surface area contributed by atoms with E-state index in [1.54, 1.807) is 23.8 Å². The third kappa shape index (κ3) is 8.44. The van der Waals surface area contributed by atoms with Gasteiger partial charge in [-0.15, -0.1) is 11.8 Å². The van der Waals surface area contributed by atoms with E-state index in [0.717, 1.165) is 26.9 Å². The van der Waals surface area contributed by atoms with Crippen LogP contribution in [-0.2, 0) is 28.3 Å². The molecule has 0 saturated carbocycles. The molecule has 35 heavy (non-hydrogen) atoms. The number of hydrogen-bond donors (Lipinski definition) is 1. The van der Waals surface area contributed by atoms with Gasteiger partial charge in [-0.1, -0.05) is 70.5 Å². The van der Waals surface area contributed by atoms with Gasteiger partial charge in [-0.2, -0.15) is 0 Å². The Morgan fingerprint density at radius 3 is 2.34 bits per heavy atom. The predicted molar refractivity (Wildman–Crippen MR) is 146 cm³/mol. The van der Waals surface area contributed by atoms with Gasteiger partial charge in [0.1, 0.15) is 11.8 Å². The summed E-state index contributed by atoms with van der Waals surface area (Å²) in [5.41, 5.74) is 3.10. The van der Waals surface area contributed by atoms with Crippen molar-refractivity contribution in [2.75, 3.05) is 19.4 Å². The van der Waals surface area contributed by atoms with Crippen LogP contribution in [0.3, 0.4) is 0 Å². The summed E-state index contributed by atoms with van der Waals surface area (Å²) in [5, 5.41) is 2.93. The van der Waals surface area contributed by atoms with Crippen molar-refractivity contribution < 1.29 is 14.3 Å². The van der Waals surface area contributed by atoms with Crippen LogP contribution in [0.5, 0.6) is 5.75 Å². The van der Waals surface area contributed by atoms with E-state index in [0.29, 0.717) is 25.3 Å². The fourth-order valence-electron chi connectivity index (χ4n) is 3.74. The summed E-state index contributed by atoms with van der Waals surface area (Å²) < 4.78 is 6.16. The Morgan fingerprint density at radius 1 is 0.971 bits per heavy atom. The second kappa shape index (κ2) is 14.0. The number of carbonyl (C=O) groups is 2. The van der Waals surface area contributed by atoms with Crippen LogP contribution in [0.4, 0.5) is 0 Å². The minimum atomic E-state index is -0.606. The number of methoxy groups -OCH3 is 1. The number of thioether (sulfide) groups is 1. The minimum Gasteiger partial charge on any atom is -0.497 e. The first-order valence-corrected chi connectivity index (χ1v) is 13.5. The summed E-state index contributed by atoms with van der Waals surface area (Å²) in [6, 6.07) is 24.9. The van der Waals surface area contributed by atoms with Crippen molar-refractivity contribution in [2.24, 2.45) is 0 Å². The zero-order valence-electron chi connectivity index (χ0n) is 20.1. The zero-order valence-corrected chi connectivity index (χ0v) is 22.5. The van der Waals surface area contributed by atoms with E-state index in [1.807, 2.05) is 85.8 Å². The Hall–Kier alpha value is -2.77. The third-order valence-electron chi connectivity index (χ3n) is 5.52. The maximum absolute atomic E-state index is 13.6. The van der Waals surface area contributed by atoms with Crippen molar-refractivity contribution in [1.82, 2.24) is 10.2 Å². The molecule has 3 aromatic carbocycles. The number of nitrogens with one attached hydrogen (secondary N) is 1. The van der Waals surface area contributed by atoms with Gasteiger partial charge in [-0.3, -0.25) is 9.59 Å². The second-order valence-electron chi connectivity index (χ2n) is 8.09. The van der Waals surface area contributed by atoms with Gasteiger partial charge in [0.25, 0.3) is 0 Å². The number of carbonyl (C=O) groups excluding carboxylic acids is 2. The molecule has 2 amide bonds. The van der Waals surface area contributed by atoms with Crippen LogP contribution in [0.1, 0.15) is 23.6 Å². The number of halogens is 1. The quantitative estimate of drug-likeness (QED) is 0.322. The topological polar surface area (TPSA) is 58.6 Å². The average molecular weight is 556 g/mol. The van der Waals surface area contributed by atoms with E-state index < -0.39 is 6.04 Å². The molecule has 1 N–H and O–H groups in total. The highest BCUT2D eigenvalue weighted by molar-refractivity contribution is 9.10. The molecule has 0 fully saturated rings. The molecule has 0 saturated heterocycles. The van der Waals surface area contributed by atoms with E-state index in [9.17, 15) is 9.59 Å². The van der Waals surface area contributed by atoms with Crippen LogP contribution < -0.4 is 10.1 Å². The van der Waals surface area contributed by atoms with E-state index in [4.69, 9.17) is 4.74 Å². The van der Waals surface area contributed by atoms with Gasteiger partial charge in [0.15, 0.2) is 0 Å². The molecule has 5 nitrogen and oxygen atoms in total. The monoisotopic (exact) mass is 554 g/mol. The Balaban J connectivity index is 1.80. The number of ether oxygens (including phenoxy) is 1. The molecule has 3 aromatic rings. The first kappa shape index (κ1) is 26.8. The van der Waals surface area contributed by atoms with E-state index in [1.165, 1.54) is 0 Å². The van der Waals surface area contributed by atoms with Gasteiger partial charge < -0.3 is 15.0 Å². The molecule has 0 aliphatic heterocycles. The highest BCUT2D eigenvalue weighted by atomic mass is 79.9. The summed E-state index contributed by atoms with van der Waals surface area (Å²) in [6.07, 6.45) is 0.454. The van der Waals surface area contributed by atoms with Crippen molar-refractivity contribution in [3.63, 3.8) is 0 Å². The van der Waals surface area contributed by atoms with E-state index in [-0.39, 0.29) is 17.6 Å². The molecule has 3 rings (SSSR count). The van der Waals surface area contributed by atoms with Gasteiger partial charge in [-0.25, -0.2) is 0 Å². The predicted octanol–water partition coefficient (Wildman–Crippen LogP) is 5.47. The average Bonchev–Trinajstić information content (AvgIpc) is 2.87. The molecule has 0 aliphatic rings. The second-order valence-corrected chi connectivity index (χ2v) is 9.99. The molecule has 0 radical (unpaired) electrons. The molecule has 184 valence electrons. The molecule has 0 aliphatic carbocycles. The highest BCUT2D eigenvalue weighted by Gasteiger charge is 2.30. The molecular formula is C28H31BrN2O3S. The summed E-state index contributed by atoms with van der Waals surface area (Å²) in [6.45, 7) is 2.76. The fraction of sp³-hybridized carbons (Fsp3) is 0.286. The van der Waals surface area contributed by atoms with Crippen molar-refractivity contribution in [3.05, 3.63) is 100 Å². The van der Waals surface area contributed by atoms with Crippen LogP contribution in [0.2, 0.25) is 0 Å². The minimum absolute atomic E-state index is 0.0596. The van der Waals surface area contributed by atoms with Crippen molar-refractivity contribution in [2.45, 2.75) is 31.7 Å². The largest absolute Gasteiger partial charge is 0.497 e. The van der Waals surface area contributed by atoms with Crippen molar-refractivity contribution >= 4 is 39.5 Å². The number of nitrogens with zero attached hydrogens (tertiary/aromatic N) is 1. The lowest BCUT2D eigenvalue weighted by Crippen LogP contribution is -2.51. The van der Waals surface area contributed by atoms with Crippen LogP contribution in [0.25, 0.3) is 0 Å². The van der Waals surface area contributed by atoms with Crippen LogP contribution in [0, 0.1) is 0 Å². The lowest BCUT2D eigenvalue weighted by molar-refractivity contribution is -0.139. The number of rotatable bonds is 12. The zero-order chi connectivity index (χ0) is 25.0. The Morgan fingerprint density at radius 2 is 1.69 bits per heavy atom. The molecule has 0 bridgehead atoms. The first-order valence-electron chi connectivity index (χ1n) is 11.6. The summed E-state index contributed by atoms with van der Waals surface area (Å²) >= 11 is 5.06. The van der Waals surface area contributed by atoms with E-state index >= 15 is 0 Å². The van der Waals surface area contributed by atoms with Gasteiger partial charge in [0, 0.05) is 29.7 Å². The van der Waals surface area contributed by atoms with Crippen LogP contribution >= 0.6 is 27.7 Å². The summed E-state index contributed by atoms with van der Waals surface area (Å²) in [5.74, 6) is 1.59. The third-order valence-corrected chi connectivity index (χ3v) is 7.00. The van der Waals surface area contributed by atoms with Gasteiger partial charge >= 0.3 is 0 Å². The molecule has 0 aromatic heterocycles. The number of likely N-dealkylation sites (N-methyl/N-ethyl adjacent to an activating group) is 1. The normalized spacial score (nSPS) is 11.5. The first-order chi connectivity index (χ1) is 17.0. The van der Waals surface area contributed by atoms with Crippen LogP contribution in [0.15, 0.2) is 83.3 Å². The van der Waals surface area contributed by atoms with E-state index in [2.05, 4.69) is 21.2 Å². The van der Waals surface area contributed by atoms with Gasteiger partial charge in [-0.05, 0) is 47.9 Å². The summed E-state index contributed by atoms with van der Waals surface area (Å²) in [4.78, 5) is 28.5. The molecule has 7 heteroatoms. The molecule has 1 atom stereocenters. The smallest absolute Gasteiger partial charge is 0.243 e. The van der Waals surface area contributed by atoms with Crippen molar-refractivity contribution in [1.29, 1.82) is 0 Å². The molecule has 0 heterocycles. The van der Waals surface area contributed by atoms with Gasteiger partial charge in [0.05, 0.1) is 12.9 Å². The standard InChI is InChI=1S/C28H31BrN2O3S/c1-3-30-28(33)26(17-21-8-5-4-6-9-21)31(18-23-10-7-11-24(29)16-23)27(32)20-35-19-22-12-14-25(34-2)15-13-22/h4-16,26H,3,17-20H2,1-2H3,(H,30,33)/t26-/m0/s1. The SMILES string of the molecule is CCNC(=O)[C@H](Cc1ccccc1)N(Cc1cccc(Br)c1)C(=O)CSCc1ccc(OC)cc1. The van der Waals surface area contributed by atoms with Crippen LogP contribution in [-0.4, -0.2) is 42.2 Å². The Labute approximate surface area is 220 Å². The number of hydrogen-bond acceptors (Lipinski definition) is 4.